The van der Waals surface area contributed by atoms with Gasteiger partial charge in [0.2, 0.25) is 0 Å². The Morgan fingerprint density at radius 3 is 1.75 bits per heavy atom. The Balaban J connectivity index is 1.90. The van der Waals surface area contributed by atoms with Crippen LogP contribution in [0.5, 0.6) is 0 Å². The maximum atomic E-state index is 2.52. The molecule has 2 fully saturated rings. The monoisotopic (exact) mass is 334 g/mol. The molecule has 0 aromatic heterocycles. The van der Waals surface area contributed by atoms with Crippen molar-refractivity contribution >= 4 is 0 Å². The highest BCUT2D eigenvalue weighted by atomic mass is 14.3. The summed E-state index contributed by atoms with van der Waals surface area (Å²) in [6, 6.07) is 0. The summed E-state index contributed by atoms with van der Waals surface area (Å²) in [4.78, 5) is 0. The molecule has 142 valence electrons. The minimum Gasteiger partial charge on any atom is -0.0625 e. The minimum absolute atomic E-state index is 0.595. The lowest BCUT2D eigenvalue weighted by atomic mass is 9.75. The highest BCUT2D eigenvalue weighted by Gasteiger charge is 2.24. The van der Waals surface area contributed by atoms with E-state index in [-0.39, 0.29) is 0 Å². The van der Waals surface area contributed by atoms with Gasteiger partial charge in [-0.05, 0) is 36.0 Å². The molecule has 3 unspecified atom stereocenters. The first-order chi connectivity index (χ1) is 11.6. The van der Waals surface area contributed by atoms with Crippen molar-refractivity contribution in [2.75, 3.05) is 0 Å². The van der Waals surface area contributed by atoms with Crippen LogP contribution in [0.2, 0.25) is 0 Å². The molecule has 2 saturated carbocycles. The van der Waals surface area contributed by atoms with Crippen LogP contribution in [0, 0.1) is 23.2 Å². The molecule has 2 aliphatic rings. The highest BCUT2D eigenvalue weighted by molar-refractivity contribution is 4.76. The van der Waals surface area contributed by atoms with Crippen molar-refractivity contribution in [3.63, 3.8) is 0 Å². The van der Waals surface area contributed by atoms with Gasteiger partial charge in [0.05, 0.1) is 0 Å². The van der Waals surface area contributed by atoms with Crippen LogP contribution in [0.1, 0.15) is 130 Å². The van der Waals surface area contributed by atoms with E-state index in [9.17, 15) is 0 Å². The van der Waals surface area contributed by atoms with Crippen LogP contribution in [0.25, 0.3) is 0 Å². The number of hydrogen-bond donors (Lipinski definition) is 0. The topological polar surface area (TPSA) is 0 Å². The Morgan fingerprint density at radius 1 is 0.500 bits per heavy atom. The van der Waals surface area contributed by atoms with Gasteiger partial charge in [-0.1, -0.05) is 117 Å². The van der Waals surface area contributed by atoms with Gasteiger partial charge in [0.15, 0.2) is 0 Å². The molecule has 0 aromatic rings. The van der Waals surface area contributed by atoms with E-state index >= 15 is 0 Å². The normalized spacial score (nSPS) is 34.9. The summed E-state index contributed by atoms with van der Waals surface area (Å²) in [5.41, 5.74) is 0.595. The molecule has 0 bridgehead atoms. The van der Waals surface area contributed by atoms with E-state index in [4.69, 9.17) is 0 Å². The number of rotatable bonds is 1. The summed E-state index contributed by atoms with van der Waals surface area (Å²) in [5, 5.41) is 0. The molecule has 0 heteroatoms. The van der Waals surface area contributed by atoms with Crippen molar-refractivity contribution in [1.29, 1.82) is 0 Å². The molecule has 0 radical (unpaired) electrons. The zero-order valence-electron chi connectivity index (χ0n) is 17.3. The Bertz CT molecular complexity index is 316. The van der Waals surface area contributed by atoms with Crippen LogP contribution in [0.15, 0.2) is 0 Å². The van der Waals surface area contributed by atoms with E-state index in [1.165, 1.54) is 89.9 Å². The average Bonchev–Trinajstić information content (AvgIpc) is 2.63. The van der Waals surface area contributed by atoms with E-state index in [2.05, 4.69) is 20.8 Å². The summed E-state index contributed by atoms with van der Waals surface area (Å²) < 4.78 is 0. The predicted molar refractivity (Wildman–Crippen MR) is 108 cm³/mol. The van der Waals surface area contributed by atoms with Gasteiger partial charge in [0, 0.05) is 0 Å². The van der Waals surface area contributed by atoms with Gasteiger partial charge in [0.25, 0.3) is 0 Å². The predicted octanol–water partition coefficient (Wildman–Crippen LogP) is 8.54. The molecule has 0 nitrogen and oxygen atoms in total. The molecule has 0 N–H and O–H groups in total. The van der Waals surface area contributed by atoms with Crippen molar-refractivity contribution in [3.05, 3.63) is 0 Å². The first kappa shape index (κ1) is 20.3. The molecule has 0 saturated heterocycles. The zero-order valence-corrected chi connectivity index (χ0v) is 17.3. The number of hydrogen-bond acceptors (Lipinski definition) is 0. The first-order valence-electron chi connectivity index (χ1n) is 11.6. The van der Waals surface area contributed by atoms with E-state index in [1.54, 1.807) is 19.3 Å². The molecular weight excluding hydrogens is 288 g/mol. The smallest absolute Gasteiger partial charge is 0.0354 e. The highest BCUT2D eigenvalue weighted by Crippen LogP contribution is 2.38. The SMILES string of the molecule is CC1CCCCC(C2CCCCCCCC(C)(C)CCC2)CCC1. The van der Waals surface area contributed by atoms with Crippen LogP contribution in [0.3, 0.4) is 0 Å². The van der Waals surface area contributed by atoms with Crippen molar-refractivity contribution < 1.29 is 0 Å². The summed E-state index contributed by atoms with van der Waals surface area (Å²) in [5.74, 6) is 3.09. The summed E-state index contributed by atoms with van der Waals surface area (Å²) >= 11 is 0. The Hall–Kier alpha value is 0. The van der Waals surface area contributed by atoms with Gasteiger partial charge in [-0.15, -0.1) is 0 Å². The third kappa shape index (κ3) is 7.92. The molecule has 2 rings (SSSR count). The maximum Gasteiger partial charge on any atom is -0.0354 e. The second-order valence-corrected chi connectivity index (χ2v) is 10.2. The molecule has 0 heterocycles. The largest absolute Gasteiger partial charge is 0.0625 e. The summed E-state index contributed by atoms with van der Waals surface area (Å²) in [6.45, 7) is 7.53. The second kappa shape index (κ2) is 10.9. The molecule has 2 aliphatic carbocycles. The third-order valence-corrected chi connectivity index (χ3v) is 7.32. The molecule has 0 aliphatic heterocycles. The molecule has 3 atom stereocenters. The van der Waals surface area contributed by atoms with E-state index in [0.717, 1.165) is 17.8 Å². The third-order valence-electron chi connectivity index (χ3n) is 7.32. The van der Waals surface area contributed by atoms with E-state index in [1.807, 2.05) is 0 Å². The first-order valence-corrected chi connectivity index (χ1v) is 11.6. The molecule has 0 aromatic carbocycles. The fraction of sp³-hybridized carbons (Fsp3) is 1.00. The Morgan fingerprint density at radius 2 is 0.958 bits per heavy atom. The average molecular weight is 335 g/mol. The van der Waals surface area contributed by atoms with Gasteiger partial charge < -0.3 is 0 Å². The maximum absolute atomic E-state index is 2.52. The van der Waals surface area contributed by atoms with Crippen molar-refractivity contribution in [3.8, 4) is 0 Å². The lowest BCUT2D eigenvalue weighted by Crippen LogP contribution is -2.18. The lowest BCUT2D eigenvalue weighted by molar-refractivity contribution is 0.214. The van der Waals surface area contributed by atoms with Crippen LogP contribution in [-0.4, -0.2) is 0 Å². The van der Waals surface area contributed by atoms with Gasteiger partial charge in [-0.2, -0.15) is 0 Å². The minimum atomic E-state index is 0.595. The van der Waals surface area contributed by atoms with Crippen molar-refractivity contribution in [1.82, 2.24) is 0 Å². The molecule has 0 spiro atoms. The van der Waals surface area contributed by atoms with Gasteiger partial charge in [-0.3, -0.25) is 0 Å². The van der Waals surface area contributed by atoms with E-state index in [0.29, 0.717) is 5.41 Å². The summed E-state index contributed by atoms with van der Waals surface area (Å²) in [6.07, 6.45) is 25.5. The fourth-order valence-corrected chi connectivity index (χ4v) is 5.51. The lowest BCUT2D eigenvalue weighted by Gasteiger charge is -2.30. The Kier molecular flexibility index (Phi) is 9.20. The second-order valence-electron chi connectivity index (χ2n) is 10.2. The van der Waals surface area contributed by atoms with Gasteiger partial charge in [-0.25, -0.2) is 0 Å². The van der Waals surface area contributed by atoms with Crippen molar-refractivity contribution in [2.45, 2.75) is 130 Å². The summed E-state index contributed by atoms with van der Waals surface area (Å²) in [7, 11) is 0. The van der Waals surface area contributed by atoms with Crippen LogP contribution < -0.4 is 0 Å². The molecular formula is C24H46. The van der Waals surface area contributed by atoms with Crippen LogP contribution in [-0.2, 0) is 0 Å². The standard InChI is InChI=1S/C24H46/c1-21-13-8-9-16-22(17-11-14-21)23-15-7-5-4-6-10-19-24(2,3)20-12-18-23/h21-23H,4-20H2,1-3H3. The molecule has 24 heavy (non-hydrogen) atoms. The van der Waals surface area contributed by atoms with Gasteiger partial charge >= 0.3 is 0 Å². The molecule has 0 amide bonds. The van der Waals surface area contributed by atoms with E-state index < -0.39 is 0 Å². The van der Waals surface area contributed by atoms with Crippen LogP contribution >= 0.6 is 0 Å². The quantitative estimate of drug-likeness (QED) is 0.450. The Labute approximate surface area is 153 Å². The van der Waals surface area contributed by atoms with Crippen molar-refractivity contribution in [2.24, 2.45) is 23.2 Å². The van der Waals surface area contributed by atoms with Crippen LogP contribution in [0.4, 0.5) is 0 Å². The van der Waals surface area contributed by atoms with Gasteiger partial charge in [0.1, 0.15) is 0 Å². The zero-order chi connectivity index (χ0) is 17.3. The fourth-order valence-electron chi connectivity index (χ4n) is 5.51.